The van der Waals surface area contributed by atoms with E-state index in [-0.39, 0.29) is 17.3 Å². The van der Waals surface area contributed by atoms with Gasteiger partial charge >= 0.3 is 0 Å². The largest absolute Gasteiger partial charge is 0.493 e. The molecule has 0 spiro atoms. The van der Waals surface area contributed by atoms with Gasteiger partial charge in [-0.05, 0) is 42.5 Å². The molecule has 2 N–H and O–H groups in total. The maximum atomic E-state index is 13.7. The molecule has 28 heavy (non-hydrogen) atoms. The third kappa shape index (κ3) is 4.14. The Morgan fingerprint density at radius 2 is 1.54 bits per heavy atom. The van der Waals surface area contributed by atoms with Gasteiger partial charge in [0, 0.05) is 5.56 Å². The first-order valence-corrected chi connectivity index (χ1v) is 8.10. The second kappa shape index (κ2) is 8.30. The summed E-state index contributed by atoms with van der Waals surface area (Å²) in [4.78, 5) is 12.4. The van der Waals surface area contributed by atoms with Gasteiger partial charge in [0.1, 0.15) is 17.3 Å². The van der Waals surface area contributed by atoms with Crippen molar-refractivity contribution in [2.45, 2.75) is 0 Å². The molecule has 9 heteroatoms. The molecule has 0 saturated carbocycles. The summed E-state index contributed by atoms with van der Waals surface area (Å²) >= 11 is 0. The third-order valence-electron chi connectivity index (χ3n) is 3.77. The first kappa shape index (κ1) is 19.0. The standard InChI is InChI=1S/C19H16F2N4O3/c1-27-14-7-6-11(10-15(14)28-2)19(26)23-17-9-8-16(24-25-17)22-18-12(20)4-3-5-13(18)21/h3-10H,1-2H3,(H,22,24)(H,23,25,26). The van der Waals surface area contributed by atoms with Crippen molar-refractivity contribution in [1.29, 1.82) is 0 Å². The molecular formula is C19H16F2N4O3. The van der Waals surface area contributed by atoms with Crippen LogP contribution in [0.15, 0.2) is 48.5 Å². The van der Waals surface area contributed by atoms with Gasteiger partial charge in [0.25, 0.3) is 5.91 Å². The highest BCUT2D eigenvalue weighted by atomic mass is 19.1. The zero-order chi connectivity index (χ0) is 20.1. The predicted octanol–water partition coefficient (Wildman–Crippen LogP) is 3.77. The number of amides is 1. The monoisotopic (exact) mass is 386 g/mol. The van der Waals surface area contributed by atoms with Gasteiger partial charge in [-0.25, -0.2) is 8.78 Å². The number of hydrogen-bond donors (Lipinski definition) is 2. The number of nitrogens with zero attached hydrogens (tertiary/aromatic N) is 2. The van der Waals surface area contributed by atoms with Gasteiger partial charge in [-0.2, -0.15) is 0 Å². The van der Waals surface area contributed by atoms with E-state index in [2.05, 4.69) is 20.8 Å². The summed E-state index contributed by atoms with van der Waals surface area (Å²) in [5.74, 6) is -0.758. The first-order chi connectivity index (χ1) is 13.5. The van der Waals surface area contributed by atoms with Gasteiger partial charge in [-0.1, -0.05) is 6.07 Å². The van der Waals surface area contributed by atoms with Gasteiger partial charge in [0.2, 0.25) is 0 Å². The number of anilines is 3. The van der Waals surface area contributed by atoms with Crippen LogP contribution in [0.5, 0.6) is 11.5 Å². The van der Waals surface area contributed by atoms with Crippen LogP contribution in [0.3, 0.4) is 0 Å². The van der Waals surface area contributed by atoms with E-state index in [4.69, 9.17) is 9.47 Å². The quantitative estimate of drug-likeness (QED) is 0.671. The molecule has 0 aliphatic heterocycles. The molecule has 3 rings (SSSR count). The Labute approximate surface area is 159 Å². The van der Waals surface area contributed by atoms with Crippen molar-refractivity contribution in [3.05, 3.63) is 65.7 Å². The Bertz CT molecular complexity index is 977. The van der Waals surface area contributed by atoms with Crippen molar-refractivity contribution in [3.63, 3.8) is 0 Å². The molecule has 0 aliphatic rings. The fourth-order valence-corrected chi connectivity index (χ4v) is 2.38. The molecule has 3 aromatic rings. The highest BCUT2D eigenvalue weighted by Gasteiger charge is 2.13. The van der Waals surface area contributed by atoms with E-state index in [0.717, 1.165) is 12.1 Å². The van der Waals surface area contributed by atoms with Crippen LogP contribution in [0.25, 0.3) is 0 Å². The maximum Gasteiger partial charge on any atom is 0.257 e. The lowest BCUT2D eigenvalue weighted by atomic mass is 10.2. The summed E-state index contributed by atoms with van der Waals surface area (Å²) in [7, 11) is 2.96. The fourth-order valence-electron chi connectivity index (χ4n) is 2.38. The number of halogens is 2. The van der Waals surface area contributed by atoms with Crippen molar-refractivity contribution < 1.29 is 23.0 Å². The van der Waals surface area contributed by atoms with E-state index < -0.39 is 17.5 Å². The van der Waals surface area contributed by atoms with Gasteiger partial charge in [-0.3, -0.25) is 4.79 Å². The minimum atomic E-state index is -0.757. The maximum absolute atomic E-state index is 13.7. The molecule has 1 aromatic heterocycles. The smallest absolute Gasteiger partial charge is 0.257 e. The molecule has 1 amide bonds. The lowest BCUT2D eigenvalue weighted by molar-refractivity contribution is 0.102. The number of ether oxygens (including phenoxy) is 2. The zero-order valence-corrected chi connectivity index (χ0v) is 15.0. The molecule has 0 saturated heterocycles. The van der Waals surface area contributed by atoms with Gasteiger partial charge < -0.3 is 20.1 Å². The summed E-state index contributed by atoms with van der Waals surface area (Å²) in [5, 5.41) is 12.7. The van der Waals surface area contributed by atoms with Gasteiger partial charge in [0.15, 0.2) is 23.1 Å². The number of methoxy groups -OCH3 is 2. The summed E-state index contributed by atoms with van der Waals surface area (Å²) in [6, 6.07) is 11.1. The van der Waals surface area contributed by atoms with E-state index in [1.54, 1.807) is 12.1 Å². The second-order valence-corrected chi connectivity index (χ2v) is 5.55. The van der Waals surface area contributed by atoms with Crippen LogP contribution in [0.2, 0.25) is 0 Å². The number of rotatable bonds is 6. The molecule has 144 valence electrons. The summed E-state index contributed by atoms with van der Waals surface area (Å²) in [6.45, 7) is 0. The van der Waals surface area contributed by atoms with Gasteiger partial charge in [0.05, 0.1) is 14.2 Å². The lowest BCUT2D eigenvalue weighted by Gasteiger charge is -2.10. The highest BCUT2D eigenvalue weighted by Crippen LogP contribution is 2.28. The highest BCUT2D eigenvalue weighted by molar-refractivity contribution is 6.04. The molecule has 2 aromatic carbocycles. The predicted molar refractivity (Wildman–Crippen MR) is 99.2 cm³/mol. The fraction of sp³-hybridized carbons (Fsp3) is 0.105. The SMILES string of the molecule is COc1ccc(C(=O)Nc2ccc(Nc3c(F)cccc3F)nn2)cc1OC. The molecule has 0 unspecified atom stereocenters. The van der Waals surface area contributed by atoms with Crippen LogP contribution in [-0.4, -0.2) is 30.3 Å². The Morgan fingerprint density at radius 1 is 0.893 bits per heavy atom. The average molecular weight is 386 g/mol. The summed E-state index contributed by atoms with van der Waals surface area (Å²) in [6.07, 6.45) is 0. The first-order valence-electron chi connectivity index (χ1n) is 8.10. The zero-order valence-electron chi connectivity index (χ0n) is 15.0. The Kier molecular flexibility index (Phi) is 5.64. The number of nitrogens with one attached hydrogen (secondary N) is 2. The number of benzene rings is 2. The van der Waals surface area contributed by atoms with E-state index in [1.807, 2.05) is 0 Å². The minimum Gasteiger partial charge on any atom is -0.493 e. The molecule has 0 atom stereocenters. The molecule has 7 nitrogen and oxygen atoms in total. The summed E-state index contributed by atoms with van der Waals surface area (Å²) < 4.78 is 37.6. The van der Waals surface area contributed by atoms with E-state index in [1.165, 1.54) is 38.5 Å². The van der Waals surface area contributed by atoms with Crippen LogP contribution < -0.4 is 20.1 Å². The lowest BCUT2D eigenvalue weighted by Crippen LogP contribution is -2.14. The van der Waals surface area contributed by atoms with E-state index in [0.29, 0.717) is 17.1 Å². The van der Waals surface area contributed by atoms with Crippen molar-refractivity contribution in [1.82, 2.24) is 10.2 Å². The van der Waals surface area contributed by atoms with Crippen LogP contribution in [0.4, 0.5) is 26.1 Å². The molecule has 1 heterocycles. The molecular weight excluding hydrogens is 370 g/mol. The van der Waals surface area contributed by atoms with Gasteiger partial charge in [-0.15, -0.1) is 10.2 Å². The van der Waals surface area contributed by atoms with Crippen molar-refractivity contribution >= 4 is 23.2 Å². The van der Waals surface area contributed by atoms with Crippen molar-refractivity contribution in [3.8, 4) is 11.5 Å². The van der Waals surface area contributed by atoms with E-state index >= 15 is 0 Å². The summed E-state index contributed by atoms with van der Waals surface area (Å²) in [5.41, 5.74) is -0.00556. The van der Waals surface area contributed by atoms with Crippen LogP contribution in [-0.2, 0) is 0 Å². The normalized spacial score (nSPS) is 10.3. The molecule has 0 bridgehead atoms. The molecule has 0 radical (unpaired) electrons. The number of aromatic nitrogens is 2. The minimum absolute atomic E-state index is 0.119. The second-order valence-electron chi connectivity index (χ2n) is 5.55. The average Bonchev–Trinajstić information content (AvgIpc) is 2.71. The number of carbonyl (C=O) groups excluding carboxylic acids is 1. The number of para-hydroxylation sites is 1. The van der Waals surface area contributed by atoms with Crippen LogP contribution in [0.1, 0.15) is 10.4 Å². The molecule has 0 fully saturated rings. The topological polar surface area (TPSA) is 85.4 Å². The van der Waals surface area contributed by atoms with E-state index in [9.17, 15) is 13.6 Å². The third-order valence-corrected chi connectivity index (χ3v) is 3.77. The number of hydrogen-bond acceptors (Lipinski definition) is 6. The Balaban J connectivity index is 1.71. The van der Waals surface area contributed by atoms with Crippen LogP contribution >= 0.6 is 0 Å². The Hall–Kier alpha value is -3.75. The molecule has 0 aliphatic carbocycles. The Morgan fingerprint density at radius 3 is 2.14 bits per heavy atom. The van der Waals surface area contributed by atoms with Crippen molar-refractivity contribution in [2.75, 3.05) is 24.9 Å². The number of carbonyl (C=O) groups is 1. The van der Waals surface area contributed by atoms with Crippen LogP contribution in [0, 0.1) is 11.6 Å². The van der Waals surface area contributed by atoms with Crippen molar-refractivity contribution in [2.24, 2.45) is 0 Å².